The highest BCUT2D eigenvalue weighted by Gasteiger charge is 2.07. The molecule has 0 aromatic heterocycles. The fraction of sp³-hybridized carbons (Fsp3) is 0.200. The van der Waals surface area contributed by atoms with Crippen molar-refractivity contribution in [2.45, 2.75) is 6.92 Å². The molecule has 2 nitrogen and oxygen atoms in total. The van der Waals surface area contributed by atoms with Gasteiger partial charge in [-0.2, -0.15) is 0 Å². The lowest BCUT2D eigenvalue weighted by Gasteiger charge is -2.03. The molecule has 0 saturated carbocycles. The molecule has 1 aromatic carbocycles. The zero-order valence-electron chi connectivity index (χ0n) is 7.04. The highest BCUT2D eigenvalue weighted by atomic mass is 16.5. The topological polar surface area (TPSA) is 26.3 Å². The summed E-state index contributed by atoms with van der Waals surface area (Å²) < 4.78 is 4.83. The number of hydrogen-bond donors (Lipinski definition) is 0. The van der Waals surface area contributed by atoms with Crippen molar-refractivity contribution in [1.82, 2.24) is 0 Å². The summed E-state index contributed by atoms with van der Waals surface area (Å²) in [6, 6.07) is 7.12. The van der Waals surface area contributed by atoms with Crippen LogP contribution >= 0.6 is 0 Å². The Bertz CT molecular complexity index is 279. The Labute approximate surface area is 72.2 Å². The summed E-state index contributed by atoms with van der Waals surface area (Å²) in [6.45, 7) is 5.90. The van der Waals surface area contributed by atoms with Crippen LogP contribution in [0.5, 0.6) is 0 Å². The zero-order valence-corrected chi connectivity index (χ0v) is 7.04. The van der Waals surface area contributed by atoms with Gasteiger partial charge in [-0.1, -0.05) is 18.2 Å². The highest BCUT2D eigenvalue weighted by Crippen LogP contribution is 2.07. The summed E-state index contributed by atoms with van der Waals surface area (Å²) in [4.78, 5) is 11.2. The van der Waals surface area contributed by atoms with Crippen molar-refractivity contribution < 1.29 is 9.53 Å². The molecule has 1 radical (unpaired) electrons. The maximum absolute atomic E-state index is 11.2. The molecule has 0 fully saturated rings. The molecular weight excluding hydrogens is 152 g/mol. The normalized spacial score (nSPS) is 9.50. The lowest BCUT2D eigenvalue weighted by atomic mass is 10.1. The molecule has 0 bridgehead atoms. The van der Waals surface area contributed by atoms with E-state index >= 15 is 0 Å². The van der Waals surface area contributed by atoms with E-state index in [4.69, 9.17) is 4.74 Å². The highest BCUT2D eigenvalue weighted by molar-refractivity contribution is 5.91. The van der Waals surface area contributed by atoms with Crippen LogP contribution in [0.25, 0.3) is 0 Å². The van der Waals surface area contributed by atoms with Gasteiger partial charge in [-0.05, 0) is 25.5 Å². The molecule has 0 aliphatic heterocycles. The van der Waals surface area contributed by atoms with E-state index in [2.05, 4.69) is 6.92 Å². The van der Waals surface area contributed by atoms with Gasteiger partial charge in [0.1, 0.15) is 0 Å². The molecule has 0 amide bonds. The van der Waals surface area contributed by atoms with Gasteiger partial charge in [0.2, 0.25) is 0 Å². The zero-order chi connectivity index (χ0) is 8.97. The third-order valence-electron chi connectivity index (χ3n) is 1.51. The van der Waals surface area contributed by atoms with Crippen LogP contribution in [0, 0.1) is 6.92 Å². The first kappa shape index (κ1) is 8.78. The molecule has 0 atom stereocenters. The number of carbonyl (C=O) groups excluding carboxylic acids is 1. The Hall–Kier alpha value is -1.31. The minimum Gasteiger partial charge on any atom is -0.462 e. The van der Waals surface area contributed by atoms with E-state index in [0.717, 1.165) is 0 Å². The lowest BCUT2D eigenvalue weighted by molar-refractivity contribution is 0.0526. The number of hydrogen-bond acceptors (Lipinski definition) is 2. The summed E-state index contributed by atoms with van der Waals surface area (Å²) in [5.74, 6) is -0.303. The van der Waals surface area contributed by atoms with Crippen LogP contribution in [-0.2, 0) is 4.74 Å². The van der Waals surface area contributed by atoms with Gasteiger partial charge in [0, 0.05) is 0 Å². The molecule has 63 valence electrons. The van der Waals surface area contributed by atoms with E-state index in [0.29, 0.717) is 17.7 Å². The van der Waals surface area contributed by atoms with Crippen molar-refractivity contribution in [1.29, 1.82) is 0 Å². The fourth-order valence-electron chi connectivity index (χ4n) is 0.928. The number of rotatable bonds is 2. The summed E-state index contributed by atoms with van der Waals surface area (Å²) in [7, 11) is 0. The van der Waals surface area contributed by atoms with E-state index in [9.17, 15) is 4.79 Å². The molecule has 0 aliphatic rings. The van der Waals surface area contributed by atoms with Gasteiger partial charge < -0.3 is 4.74 Å². The van der Waals surface area contributed by atoms with Crippen molar-refractivity contribution in [3.8, 4) is 0 Å². The molecule has 0 aliphatic carbocycles. The largest absolute Gasteiger partial charge is 0.462 e. The summed E-state index contributed by atoms with van der Waals surface area (Å²) in [6.07, 6.45) is 0. The maximum atomic E-state index is 11.2. The third kappa shape index (κ3) is 1.84. The number of ether oxygens (including phenoxy) is 1. The van der Waals surface area contributed by atoms with Crippen molar-refractivity contribution in [2.24, 2.45) is 0 Å². The Morgan fingerprint density at radius 2 is 2.17 bits per heavy atom. The van der Waals surface area contributed by atoms with Crippen LogP contribution < -0.4 is 0 Å². The van der Waals surface area contributed by atoms with Gasteiger partial charge in [0.15, 0.2) is 0 Å². The Morgan fingerprint density at radius 1 is 1.50 bits per heavy atom. The number of esters is 1. The van der Waals surface area contributed by atoms with Crippen molar-refractivity contribution in [3.05, 3.63) is 42.3 Å². The van der Waals surface area contributed by atoms with E-state index in [1.54, 1.807) is 25.1 Å². The molecule has 0 N–H and O–H groups in total. The van der Waals surface area contributed by atoms with Gasteiger partial charge in [0.25, 0.3) is 0 Å². The first-order valence-corrected chi connectivity index (χ1v) is 3.83. The van der Waals surface area contributed by atoms with E-state index in [-0.39, 0.29) is 5.97 Å². The molecule has 0 unspecified atom stereocenters. The van der Waals surface area contributed by atoms with Crippen LogP contribution in [0.3, 0.4) is 0 Å². The average molecular weight is 163 g/mol. The fourth-order valence-corrected chi connectivity index (χ4v) is 0.928. The predicted octanol–water partition coefficient (Wildman–Crippen LogP) is 2.05. The second-order valence-corrected chi connectivity index (χ2v) is 2.38. The SMILES string of the molecule is [CH2]c1ccccc1C(=O)OCC. The first-order valence-electron chi connectivity index (χ1n) is 3.83. The smallest absolute Gasteiger partial charge is 0.338 e. The van der Waals surface area contributed by atoms with Gasteiger partial charge >= 0.3 is 5.97 Å². The van der Waals surface area contributed by atoms with E-state index in [1.165, 1.54) is 0 Å². The minimum atomic E-state index is -0.303. The van der Waals surface area contributed by atoms with E-state index in [1.807, 2.05) is 6.07 Å². The molecule has 1 rings (SSSR count). The first-order chi connectivity index (χ1) is 5.75. The van der Waals surface area contributed by atoms with Crippen molar-refractivity contribution in [3.63, 3.8) is 0 Å². The summed E-state index contributed by atoms with van der Waals surface area (Å²) in [5.41, 5.74) is 1.25. The van der Waals surface area contributed by atoms with E-state index < -0.39 is 0 Å². The third-order valence-corrected chi connectivity index (χ3v) is 1.51. The summed E-state index contributed by atoms with van der Waals surface area (Å²) in [5, 5.41) is 0. The van der Waals surface area contributed by atoms with Gasteiger partial charge in [0.05, 0.1) is 12.2 Å². The molecule has 1 aromatic rings. The Balaban J connectivity index is 2.87. The molecule has 0 saturated heterocycles. The quantitative estimate of drug-likeness (QED) is 0.624. The van der Waals surface area contributed by atoms with Crippen LogP contribution in [-0.4, -0.2) is 12.6 Å². The van der Waals surface area contributed by atoms with Crippen LogP contribution in [0.1, 0.15) is 22.8 Å². The van der Waals surface area contributed by atoms with Crippen LogP contribution in [0.15, 0.2) is 24.3 Å². The lowest BCUT2D eigenvalue weighted by Crippen LogP contribution is -2.05. The minimum absolute atomic E-state index is 0.303. The molecule has 2 heteroatoms. The number of benzene rings is 1. The second kappa shape index (κ2) is 3.90. The molecule has 12 heavy (non-hydrogen) atoms. The van der Waals surface area contributed by atoms with Crippen molar-refractivity contribution >= 4 is 5.97 Å². The monoisotopic (exact) mass is 163 g/mol. The predicted molar refractivity (Wildman–Crippen MR) is 46.9 cm³/mol. The second-order valence-electron chi connectivity index (χ2n) is 2.38. The maximum Gasteiger partial charge on any atom is 0.338 e. The number of carbonyl (C=O) groups is 1. The molecule has 0 heterocycles. The Kier molecular flexibility index (Phi) is 2.86. The van der Waals surface area contributed by atoms with Gasteiger partial charge in [-0.3, -0.25) is 0 Å². The molecular formula is C10H11O2. The van der Waals surface area contributed by atoms with Crippen molar-refractivity contribution in [2.75, 3.05) is 6.61 Å². The summed E-state index contributed by atoms with van der Waals surface area (Å²) >= 11 is 0. The molecule has 0 spiro atoms. The van der Waals surface area contributed by atoms with Crippen LogP contribution in [0.4, 0.5) is 0 Å². The average Bonchev–Trinajstić information content (AvgIpc) is 2.05. The van der Waals surface area contributed by atoms with Gasteiger partial charge in [-0.25, -0.2) is 4.79 Å². The van der Waals surface area contributed by atoms with Crippen LogP contribution in [0.2, 0.25) is 0 Å². The standard InChI is InChI=1S/C10H11O2/c1-3-12-10(11)9-7-5-4-6-8(9)2/h4-7H,2-3H2,1H3. The van der Waals surface area contributed by atoms with Gasteiger partial charge in [-0.15, -0.1) is 0 Å². The Morgan fingerprint density at radius 3 is 2.75 bits per heavy atom.